The first-order valence-corrected chi connectivity index (χ1v) is 6.30. The molecule has 3 nitrogen and oxygen atoms in total. The number of rotatable bonds is 6. The number of hydrogen-bond acceptors (Lipinski definition) is 2. The van der Waals surface area contributed by atoms with Crippen molar-refractivity contribution in [3.63, 3.8) is 0 Å². The van der Waals surface area contributed by atoms with Crippen molar-refractivity contribution in [1.82, 2.24) is 5.32 Å². The van der Waals surface area contributed by atoms with E-state index in [1.807, 2.05) is 60.7 Å². The second-order valence-electron chi connectivity index (χ2n) is 4.42. The van der Waals surface area contributed by atoms with Gasteiger partial charge in [0.2, 0.25) is 0 Å². The standard InChI is InChI=1S/C16H17NO2/c18-16(19)15(14-9-5-2-6-10-14)12-17-11-13-7-3-1-4-8-13/h1-10,15,17H,11-12H2,(H,18,19). The average molecular weight is 255 g/mol. The number of hydrogen-bond donors (Lipinski definition) is 2. The van der Waals surface area contributed by atoms with E-state index in [0.717, 1.165) is 11.1 Å². The minimum atomic E-state index is -0.799. The van der Waals surface area contributed by atoms with Gasteiger partial charge in [-0.1, -0.05) is 60.7 Å². The molecular weight excluding hydrogens is 238 g/mol. The van der Waals surface area contributed by atoms with Gasteiger partial charge in [0.15, 0.2) is 0 Å². The molecule has 2 aromatic carbocycles. The zero-order valence-electron chi connectivity index (χ0n) is 10.6. The van der Waals surface area contributed by atoms with Crippen LogP contribution in [0.15, 0.2) is 60.7 Å². The molecule has 19 heavy (non-hydrogen) atoms. The predicted octanol–water partition coefficient (Wildman–Crippen LogP) is 2.64. The van der Waals surface area contributed by atoms with Gasteiger partial charge in [0, 0.05) is 13.1 Å². The maximum Gasteiger partial charge on any atom is 0.312 e. The largest absolute Gasteiger partial charge is 0.481 e. The van der Waals surface area contributed by atoms with Crippen LogP contribution in [0.1, 0.15) is 17.0 Å². The fraction of sp³-hybridized carbons (Fsp3) is 0.188. The molecule has 0 fully saturated rings. The zero-order valence-corrected chi connectivity index (χ0v) is 10.6. The smallest absolute Gasteiger partial charge is 0.312 e. The quantitative estimate of drug-likeness (QED) is 0.834. The predicted molar refractivity (Wildman–Crippen MR) is 75.0 cm³/mol. The molecule has 98 valence electrons. The molecule has 0 bridgehead atoms. The molecule has 0 saturated carbocycles. The van der Waals surface area contributed by atoms with Gasteiger partial charge in [-0.2, -0.15) is 0 Å². The van der Waals surface area contributed by atoms with Gasteiger partial charge in [0.25, 0.3) is 0 Å². The second kappa shape index (κ2) is 6.71. The van der Waals surface area contributed by atoms with E-state index in [-0.39, 0.29) is 0 Å². The fourth-order valence-electron chi connectivity index (χ4n) is 1.99. The summed E-state index contributed by atoms with van der Waals surface area (Å²) in [6.45, 7) is 1.10. The van der Waals surface area contributed by atoms with Crippen LogP contribution in [0.5, 0.6) is 0 Å². The summed E-state index contributed by atoms with van der Waals surface area (Å²) in [6, 6.07) is 19.3. The molecule has 0 aliphatic carbocycles. The van der Waals surface area contributed by atoms with Crippen LogP contribution >= 0.6 is 0 Å². The molecule has 1 unspecified atom stereocenters. The lowest BCUT2D eigenvalue weighted by Gasteiger charge is -2.13. The van der Waals surface area contributed by atoms with E-state index in [4.69, 9.17) is 0 Å². The van der Waals surface area contributed by atoms with Crippen LogP contribution in [0, 0.1) is 0 Å². The first-order valence-electron chi connectivity index (χ1n) is 6.30. The summed E-state index contributed by atoms with van der Waals surface area (Å²) in [5.41, 5.74) is 1.98. The fourth-order valence-corrected chi connectivity index (χ4v) is 1.99. The summed E-state index contributed by atoms with van der Waals surface area (Å²) in [5, 5.41) is 12.5. The van der Waals surface area contributed by atoms with Gasteiger partial charge in [-0.25, -0.2) is 0 Å². The normalized spacial score (nSPS) is 12.0. The highest BCUT2D eigenvalue weighted by molar-refractivity contribution is 5.76. The molecule has 2 N–H and O–H groups in total. The van der Waals surface area contributed by atoms with Crippen LogP contribution in [0.4, 0.5) is 0 Å². The Bertz CT molecular complexity index is 511. The monoisotopic (exact) mass is 255 g/mol. The van der Waals surface area contributed by atoms with E-state index in [9.17, 15) is 9.90 Å². The van der Waals surface area contributed by atoms with Crippen LogP contribution in [-0.2, 0) is 11.3 Å². The van der Waals surface area contributed by atoms with Crippen LogP contribution in [0.2, 0.25) is 0 Å². The van der Waals surface area contributed by atoms with E-state index in [1.54, 1.807) is 0 Å². The van der Waals surface area contributed by atoms with Crippen molar-refractivity contribution in [2.75, 3.05) is 6.54 Å². The van der Waals surface area contributed by atoms with Crippen molar-refractivity contribution < 1.29 is 9.90 Å². The molecule has 0 amide bonds. The molecule has 0 heterocycles. The molecular formula is C16H17NO2. The van der Waals surface area contributed by atoms with Gasteiger partial charge >= 0.3 is 5.97 Å². The molecule has 0 aromatic heterocycles. The molecule has 0 spiro atoms. The van der Waals surface area contributed by atoms with Crippen molar-refractivity contribution in [2.24, 2.45) is 0 Å². The molecule has 0 aliphatic heterocycles. The van der Waals surface area contributed by atoms with Gasteiger partial charge in [-0.3, -0.25) is 4.79 Å². The number of aliphatic carboxylic acids is 1. The van der Waals surface area contributed by atoms with Crippen LogP contribution in [0.25, 0.3) is 0 Å². The van der Waals surface area contributed by atoms with Crippen LogP contribution < -0.4 is 5.32 Å². The third kappa shape index (κ3) is 3.93. The van der Waals surface area contributed by atoms with Gasteiger partial charge in [0.05, 0.1) is 5.92 Å². The number of carboxylic acid groups (broad SMARTS) is 1. The number of carboxylic acids is 1. The lowest BCUT2D eigenvalue weighted by atomic mass is 9.99. The third-order valence-electron chi connectivity index (χ3n) is 3.02. The van der Waals surface area contributed by atoms with E-state index in [0.29, 0.717) is 13.1 Å². The minimum Gasteiger partial charge on any atom is -0.481 e. The van der Waals surface area contributed by atoms with Crippen molar-refractivity contribution in [2.45, 2.75) is 12.5 Å². The summed E-state index contributed by atoms with van der Waals surface area (Å²) in [5.74, 6) is -1.31. The Morgan fingerprint density at radius 1 is 1.00 bits per heavy atom. The van der Waals surface area contributed by atoms with Gasteiger partial charge in [0.1, 0.15) is 0 Å². The number of benzene rings is 2. The maximum absolute atomic E-state index is 11.3. The van der Waals surface area contributed by atoms with Gasteiger partial charge in [-0.15, -0.1) is 0 Å². The Balaban J connectivity index is 1.94. The zero-order chi connectivity index (χ0) is 13.5. The molecule has 0 saturated heterocycles. The highest BCUT2D eigenvalue weighted by atomic mass is 16.4. The Morgan fingerprint density at radius 3 is 2.16 bits per heavy atom. The SMILES string of the molecule is O=C(O)C(CNCc1ccccc1)c1ccccc1. The van der Waals surface area contributed by atoms with E-state index in [2.05, 4.69) is 5.32 Å². The molecule has 2 aromatic rings. The maximum atomic E-state index is 11.3. The van der Waals surface area contributed by atoms with E-state index in [1.165, 1.54) is 0 Å². The van der Waals surface area contributed by atoms with Crippen molar-refractivity contribution in [3.05, 3.63) is 71.8 Å². The van der Waals surface area contributed by atoms with Crippen LogP contribution in [-0.4, -0.2) is 17.6 Å². The summed E-state index contributed by atoms with van der Waals surface area (Å²) in [4.78, 5) is 11.3. The first kappa shape index (κ1) is 13.3. The van der Waals surface area contributed by atoms with Crippen LogP contribution in [0.3, 0.4) is 0 Å². The second-order valence-corrected chi connectivity index (χ2v) is 4.42. The molecule has 0 radical (unpaired) electrons. The van der Waals surface area contributed by atoms with Gasteiger partial charge in [-0.05, 0) is 11.1 Å². The van der Waals surface area contributed by atoms with Crippen molar-refractivity contribution in [3.8, 4) is 0 Å². The first-order chi connectivity index (χ1) is 9.27. The van der Waals surface area contributed by atoms with Crippen molar-refractivity contribution in [1.29, 1.82) is 0 Å². The highest BCUT2D eigenvalue weighted by Gasteiger charge is 2.18. The van der Waals surface area contributed by atoms with E-state index >= 15 is 0 Å². The van der Waals surface area contributed by atoms with E-state index < -0.39 is 11.9 Å². The molecule has 2 rings (SSSR count). The minimum absolute atomic E-state index is 0.425. The van der Waals surface area contributed by atoms with Crippen molar-refractivity contribution >= 4 is 5.97 Å². The molecule has 1 atom stereocenters. The summed E-state index contributed by atoms with van der Waals surface area (Å²) < 4.78 is 0. The average Bonchev–Trinajstić information content (AvgIpc) is 2.45. The summed E-state index contributed by atoms with van der Waals surface area (Å²) in [7, 11) is 0. The summed E-state index contributed by atoms with van der Waals surface area (Å²) in [6.07, 6.45) is 0. The topological polar surface area (TPSA) is 49.3 Å². The molecule has 0 aliphatic rings. The highest BCUT2D eigenvalue weighted by Crippen LogP contribution is 2.14. The Kier molecular flexibility index (Phi) is 4.70. The number of nitrogens with one attached hydrogen (secondary N) is 1. The Labute approximate surface area is 112 Å². The lowest BCUT2D eigenvalue weighted by Crippen LogP contribution is -2.26. The Morgan fingerprint density at radius 2 is 1.58 bits per heavy atom. The third-order valence-corrected chi connectivity index (χ3v) is 3.02. The number of carbonyl (C=O) groups is 1. The summed E-state index contributed by atoms with van der Waals surface area (Å²) >= 11 is 0. The molecule has 3 heteroatoms. The van der Waals surface area contributed by atoms with Gasteiger partial charge < -0.3 is 10.4 Å². The Hall–Kier alpha value is -2.13. The lowest BCUT2D eigenvalue weighted by molar-refractivity contribution is -0.138.